The summed E-state index contributed by atoms with van der Waals surface area (Å²) in [5, 5.41) is 14.7. The van der Waals surface area contributed by atoms with Crippen molar-refractivity contribution in [3.63, 3.8) is 0 Å². The number of ether oxygens (including phenoxy) is 2. The first-order valence-corrected chi connectivity index (χ1v) is 9.15. The van der Waals surface area contributed by atoms with Gasteiger partial charge in [0.15, 0.2) is 5.01 Å². The highest BCUT2D eigenvalue weighted by Gasteiger charge is 2.15. The van der Waals surface area contributed by atoms with Crippen LogP contribution in [0, 0.1) is 12.8 Å². The van der Waals surface area contributed by atoms with Crippen molar-refractivity contribution in [1.29, 1.82) is 0 Å². The Labute approximate surface area is 150 Å². The summed E-state index contributed by atoms with van der Waals surface area (Å²) in [6.07, 6.45) is 2.13. The minimum absolute atomic E-state index is 0.271. The molecule has 0 saturated carbocycles. The van der Waals surface area contributed by atoms with Crippen LogP contribution in [0.2, 0.25) is 0 Å². The van der Waals surface area contributed by atoms with Gasteiger partial charge in [-0.2, -0.15) is 0 Å². The van der Waals surface area contributed by atoms with E-state index in [0.717, 1.165) is 25.2 Å². The second-order valence-corrected chi connectivity index (χ2v) is 7.08. The Morgan fingerprint density at radius 2 is 2.20 bits per heavy atom. The molecule has 0 aliphatic carbocycles. The van der Waals surface area contributed by atoms with Crippen LogP contribution in [0.25, 0.3) is 0 Å². The molecule has 7 nitrogen and oxygen atoms in total. The molecule has 2 heterocycles. The number of carbonyl (C=O) groups excluding carboxylic acids is 1. The van der Waals surface area contributed by atoms with Crippen molar-refractivity contribution in [1.82, 2.24) is 15.5 Å². The van der Waals surface area contributed by atoms with Crippen molar-refractivity contribution in [2.45, 2.75) is 26.4 Å². The molecule has 1 aromatic heterocycles. The van der Waals surface area contributed by atoms with Crippen molar-refractivity contribution < 1.29 is 14.3 Å². The zero-order valence-electron chi connectivity index (χ0n) is 14.2. The first-order valence-electron chi connectivity index (χ1n) is 8.33. The van der Waals surface area contributed by atoms with Gasteiger partial charge in [0.2, 0.25) is 5.13 Å². The third-order valence-corrected chi connectivity index (χ3v) is 4.69. The Morgan fingerprint density at radius 3 is 2.96 bits per heavy atom. The Morgan fingerprint density at radius 1 is 1.36 bits per heavy atom. The fourth-order valence-corrected chi connectivity index (χ4v) is 3.14. The molecule has 3 rings (SSSR count). The molecule has 1 saturated heterocycles. The minimum atomic E-state index is -0.271. The first-order chi connectivity index (χ1) is 12.2. The molecule has 8 heteroatoms. The fraction of sp³-hybridized carbons (Fsp3) is 0.471. The lowest BCUT2D eigenvalue weighted by atomic mass is 10.0. The number of hydrogen-bond donors (Lipinski definition) is 2. The van der Waals surface area contributed by atoms with Crippen molar-refractivity contribution in [3.8, 4) is 5.75 Å². The van der Waals surface area contributed by atoms with Crippen LogP contribution in [0.5, 0.6) is 5.75 Å². The van der Waals surface area contributed by atoms with E-state index in [0.29, 0.717) is 35.8 Å². The topological polar surface area (TPSA) is 85.4 Å². The number of anilines is 1. The molecule has 1 aromatic carbocycles. The fourth-order valence-electron chi connectivity index (χ4n) is 2.49. The van der Waals surface area contributed by atoms with E-state index in [1.54, 1.807) is 0 Å². The summed E-state index contributed by atoms with van der Waals surface area (Å²) in [6.45, 7) is 4.48. The third kappa shape index (κ3) is 5.68. The highest BCUT2D eigenvalue weighted by Crippen LogP contribution is 2.18. The smallest absolute Gasteiger partial charge is 0.321 e. The zero-order chi connectivity index (χ0) is 17.5. The molecule has 0 bridgehead atoms. The van der Waals surface area contributed by atoms with Gasteiger partial charge in [-0.1, -0.05) is 29.0 Å². The highest BCUT2D eigenvalue weighted by molar-refractivity contribution is 7.15. The predicted octanol–water partition coefficient (Wildman–Crippen LogP) is 2.97. The maximum Gasteiger partial charge on any atom is 0.321 e. The van der Waals surface area contributed by atoms with Gasteiger partial charge in [-0.3, -0.25) is 5.32 Å². The molecule has 2 aromatic rings. The van der Waals surface area contributed by atoms with Crippen molar-refractivity contribution in [2.24, 2.45) is 5.92 Å². The zero-order valence-corrected chi connectivity index (χ0v) is 15.0. The number of amides is 2. The summed E-state index contributed by atoms with van der Waals surface area (Å²) in [4.78, 5) is 11.9. The van der Waals surface area contributed by atoms with Crippen molar-refractivity contribution in [2.75, 3.05) is 25.1 Å². The molecular weight excluding hydrogens is 340 g/mol. The van der Waals surface area contributed by atoms with Crippen LogP contribution in [0.3, 0.4) is 0 Å². The summed E-state index contributed by atoms with van der Waals surface area (Å²) in [6, 6.07) is 7.54. The maximum atomic E-state index is 11.9. The molecule has 2 N–H and O–H groups in total. The molecule has 134 valence electrons. The summed E-state index contributed by atoms with van der Waals surface area (Å²) >= 11 is 1.30. The SMILES string of the molecule is Cc1ccc(OCc2nnc(NC(=O)NC[C@@H]3CCCOC3)s2)cc1. The Bertz CT molecular complexity index is 683. The van der Waals surface area contributed by atoms with Crippen LogP contribution in [0.1, 0.15) is 23.4 Å². The Balaban J connectivity index is 1.41. The Kier molecular flexibility index (Phi) is 6.19. The van der Waals surface area contributed by atoms with Gasteiger partial charge in [-0.15, -0.1) is 10.2 Å². The minimum Gasteiger partial charge on any atom is -0.486 e. The lowest BCUT2D eigenvalue weighted by Crippen LogP contribution is -2.35. The molecule has 1 fully saturated rings. The van der Waals surface area contributed by atoms with Crippen LogP contribution in [-0.2, 0) is 11.3 Å². The lowest BCUT2D eigenvalue weighted by molar-refractivity contribution is 0.0559. The summed E-state index contributed by atoms with van der Waals surface area (Å²) in [7, 11) is 0. The van der Waals surface area contributed by atoms with Gasteiger partial charge < -0.3 is 14.8 Å². The average Bonchev–Trinajstić information content (AvgIpc) is 3.08. The third-order valence-electron chi connectivity index (χ3n) is 3.88. The number of urea groups is 1. The molecule has 0 spiro atoms. The second kappa shape index (κ2) is 8.77. The van der Waals surface area contributed by atoms with Crippen LogP contribution in [0.15, 0.2) is 24.3 Å². The summed E-state index contributed by atoms with van der Waals surface area (Å²) < 4.78 is 11.1. The molecule has 2 amide bonds. The van der Waals surface area contributed by atoms with E-state index in [1.165, 1.54) is 16.9 Å². The van der Waals surface area contributed by atoms with Gasteiger partial charge in [0, 0.05) is 13.2 Å². The first kappa shape index (κ1) is 17.6. The number of rotatable bonds is 6. The van der Waals surface area contributed by atoms with Crippen molar-refractivity contribution in [3.05, 3.63) is 34.8 Å². The van der Waals surface area contributed by atoms with E-state index in [2.05, 4.69) is 20.8 Å². The van der Waals surface area contributed by atoms with E-state index in [-0.39, 0.29) is 6.03 Å². The maximum absolute atomic E-state index is 11.9. The molecule has 0 radical (unpaired) electrons. The molecular formula is C17H22N4O3S. The quantitative estimate of drug-likeness (QED) is 0.825. The predicted molar refractivity (Wildman–Crippen MR) is 96.0 cm³/mol. The molecule has 25 heavy (non-hydrogen) atoms. The number of nitrogens with one attached hydrogen (secondary N) is 2. The van der Waals surface area contributed by atoms with E-state index in [9.17, 15) is 4.79 Å². The number of nitrogens with zero attached hydrogens (tertiary/aromatic N) is 2. The van der Waals surface area contributed by atoms with Gasteiger partial charge in [0.1, 0.15) is 12.4 Å². The van der Waals surface area contributed by atoms with Crippen molar-refractivity contribution >= 4 is 22.5 Å². The molecule has 0 unspecified atom stereocenters. The van der Waals surface area contributed by atoms with E-state index >= 15 is 0 Å². The van der Waals surface area contributed by atoms with Gasteiger partial charge in [-0.05, 0) is 37.8 Å². The van der Waals surface area contributed by atoms with Gasteiger partial charge in [0.05, 0.1) is 6.61 Å². The number of benzene rings is 1. The van der Waals surface area contributed by atoms with Crippen LogP contribution >= 0.6 is 11.3 Å². The summed E-state index contributed by atoms with van der Waals surface area (Å²) in [5.74, 6) is 1.16. The summed E-state index contributed by atoms with van der Waals surface area (Å²) in [5.41, 5.74) is 1.18. The van der Waals surface area contributed by atoms with Gasteiger partial charge in [-0.25, -0.2) is 4.79 Å². The standard InChI is InChI=1S/C17H22N4O3S/c1-12-4-6-14(7-5-12)24-11-15-20-21-17(25-15)19-16(22)18-9-13-3-2-8-23-10-13/h4-7,13H,2-3,8-11H2,1H3,(H2,18,19,21,22)/t13-/m0/s1. The van der Waals surface area contributed by atoms with Gasteiger partial charge in [0.25, 0.3) is 0 Å². The molecule has 1 aliphatic heterocycles. The Hall–Kier alpha value is -2.19. The van der Waals surface area contributed by atoms with E-state index in [4.69, 9.17) is 9.47 Å². The van der Waals surface area contributed by atoms with Crippen LogP contribution in [0.4, 0.5) is 9.93 Å². The monoisotopic (exact) mass is 362 g/mol. The largest absolute Gasteiger partial charge is 0.486 e. The van der Waals surface area contributed by atoms with Crippen LogP contribution < -0.4 is 15.4 Å². The van der Waals surface area contributed by atoms with E-state index in [1.807, 2.05) is 31.2 Å². The number of hydrogen-bond acceptors (Lipinski definition) is 6. The van der Waals surface area contributed by atoms with E-state index < -0.39 is 0 Å². The number of carbonyl (C=O) groups is 1. The average molecular weight is 362 g/mol. The number of aromatic nitrogens is 2. The van der Waals surface area contributed by atoms with Crippen LogP contribution in [-0.4, -0.2) is 36.0 Å². The normalized spacial score (nSPS) is 17.1. The molecule has 1 atom stereocenters. The highest BCUT2D eigenvalue weighted by atomic mass is 32.1. The lowest BCUT2D eigenvalue weighted by Gasteiger charge is -2.22. The number of aryl methyl sites for hydroxylation is 1. The second-order valence-electron chi connectivity index (χ2n) is 6.02. The molecule has 1 aliphatic rings. The van der Waals surface area contributed by atoms with Gasteiger partial charge >= 0.3 is 6.03 Å².